The largest absolute Gasteiger partial charge is 0.357 e. The van der Waals surface area contributed by atoms with E-state index in [0.717, 1.165) is 45.4 Å². The Kier molecular flexibility index (Phi) is 3.92. The highest BCUT2D eigenvalue weighted by molar-refractivity contribution is 5.92. The third-order valence-electron chi connectivity index (χ3n) is 5.26. The molecule has 0 radical (unpaired) electrons. The summed E-state index contributed by atoms with van der Waals surface area (Å²) in [6.45, 7) is 3.93. The number of H-pyrrole nitrogens is 1. The molecule has 0 bridgehead atoms. The first kappa shape index (κ1) is 14.5. The van der Waals surface area contributed by atoms with Gasteiger partial charge in [-0.3, -0.25) is 9.69 Å². The summed E-state index contributed by atoms with van der Waals surface area (Å²) in [5, 5.41) is 0. The molecule has 0 saturated carbocycles. The Hall–Kier alpha value is -2.07. The number of benzene rings is 1. The molecule has 0 atom stereocenters. The molecule has 1 aromatic heterocycles. The fraction of sp³-hybridized carbons (Fsp3) is 0.421. The predicted octanol–water partition coefficient (Wildman–Crippen LogP) is 2.68. The highest BCUT2D eigenvalue weighted by Crippen LogP contribution is 2.25. The summed E-state index contributed by atoms with van der Waals surface area (Å²) < 4.78 is 0. The van der Waals surface area contributed by atoms with Crippen LogP contribution in [0.15, 0.2) is 42.6 Å². The van der Waals surface area contributed by atoms with Gasteiger partial charge in [0, 0.05) is 38.4 Å². The number of nitrogens with zero attached hydrogens (tertiary/aromatic N) is 2. The van der Waals surface area contributed by atoms with E-state index in [4.69, 9.17) is 0 Å². The van der Waals surface area contributed by atoms with Gasteiger partial charge in [0.05, 0.1) is 0 Å². The van der Waals surface area contributed by atoms with Crippen molar-refractivity contribution < 1.29 is 4.79 Å². The second-order valence-electron chi connectivity index (χ2n) is 6.60. The van der Waals surface area contributed by atoms with E-state index in [9.17, 15) is 4.79 Å². The van der Waals surface area contributed by atoms with E-state index in [1.54, 1.807) is 0 Å². The summed E-state index contributed by atoms with van der Waals surface area (Å²) in [5.41, 5.74) is 3.68. The van der Waals surface area contributed by atoms with Gasteiger partial charge in [0.1, 0.15) is 5.69 Å². The van der Waals surface area contributed by atoms with Crippen molar-refractivity contribution in [3.63, 3.8) is 0 Å². The topological polar surface area (TPSA) is 39.3 Å². The second kappa shape index (κ2) is 6.20. The fourth-order valence-electron chi connectivity index (χ4n) is 3.90. The zero-order valence-corrected chi connectivity index (χ0v) is 13.4. The zero-order chi connectivity index (χ0) is 15.6. The average Bonchev–Trinajstić information content (AvgIpc) is 3.15. The van der Waals surface area contributed by atoms with E-state index in [1.165, 1.54) is 11.1 Å². The standard InChI is InChI=1S/C19H23N3O/c23-19(18-6-3-10-20-18)21-12-8-17(9-13-21)22-11-7-15-4-1-2-5-16(15)14-22/h1-6,10,17,20H,7-9,11-14H2. The van der Waals surface area contributed by atoms with E-state index < -0.39 is 0 Å². The van der Waals surface area contributed by atoms with Crippen molar-refractivity contribution in [3.05, 3.63) is 59.4 Å². The van der Waals surface area contributed by atoms with Gasteiger partial charge in [-0.2, -0.15) is 0 Å². The molecule has 0 unspecified atom stereocenters. The molecule has 0 spiro atoms. The van der Waals surface area contributed by atoms with Crippen LogP contribution in [0.1, 0.15) is 34.5 Å². The second-order valence-corrected chi connectivity index (χ2v) is 6.60. The van der Waals surface area contributed by atoms with Crippen LogP contribution >= 0.6 is 0 Å². The summed E-state index contributed by atoms with van der Waals surface area (Å²) in [6.07, 6.45) is 5.12. The molecule has 4 nitrogen and oxygen atoms in total. The molecule has 23 heavy (non-hydrogen) atoms. The maximum Gasteiger partial charge on any atom is 0.270 e. The molecule has 2 aromatic rings. The van der Waals surface area contributed by atoms with E-state index >= 15 is 0 Å². The van der Waals surface area contributed by atoms with Crippen molar-refractivity contribution in [1.82, 2.24) is 14.8 Å². The molecule has 1 saturated heterocycles. The molecule has 0 aliphatic carbocycles. The monoisotopic (exact) mass is 309 g/mol. The van der Waals surface area contributed by atoms with Gasteiger partial charge in [-0.05, 0) is 42.5 Å². The van der Waals surface area contributed by atoms with Crippen LogP contribution < -0.4 is 0 Å². The first-order chi connectivity index (χ1) is 11.3. The van der Waals surface area contributed by atoms with Gasteiger partial charge in [0.25, 0.3) is 5.91 Å². The average molecular weight is 309 g/mol. The van der Waals surface area contributed by atoms with Gasteiger partial charge in [0.15, 0.2) is 0 Å². The summed E-state index contributed by atoms with van der Waals surface area (Å²) in [4.78, 5) is 20.0. The van der Waals surface area contributed by atoms with Crippen molar-refractivity contribution in [3.8, 4) is 0 Å². The molecule has 2 aliphatic heterocycles. The number of piperidine rings is 1. The number of amides is 1. The molecule has 2 aliphatic rings. The molecule has 4 rings (SSSR count). The van der Waals surface area contributed by atoms with Crippen LogP contribution in [0, 0.1) is 0 Å². The third kappa shape index (κ3) is 2.91. The minimum absolute atomic E-state index is 0.137. The summed E-state index contributed by atoms with van der Waals surface area (Å²) in [5.74, 6) is 0.137. The van der Waals surface area contributed by atoms with Gasteiger partial charge >= 0.3 is 0 Å². The molecule has 1 fully saturated rings. The molecular formula is C19H23N3O. The number of hydrogen-bond donors (Lipinski definition) is 1. The highest BCUT2D eigenvalue weighted by Gasteiger charge is 2.29. The first-order valence-electron chi connectivity index (χ1n) is 8.55. The summed E-state index contributed by atoms with van der Waals surface area (Å²) in [6, 6.07) is 13.1. The number of fused-ring (bicyclic) bond motifs is 1. The Morgan fingerprint density at radius 1 is 1.00 bits per heavy atom. The Labute approximate surface area is 137 Å². The number of nitrogens with one attached hydrogen (secondary N) is 1. The lowest BCUT2D eigenvalue weighted by Gasteiger charge is -2.40. The van der Waals surface area contributed by atoms with E-state index in [1.807, 2.05) is 23.2 Å². The van der Waals surface area contributed by atoms with Crippen molar-refractivity contribution in [2.24, 2.45) is 0 Å². The third-order valence-corrected chi connectivity index (χ3v) is 5.26. The van der Waals surface area contributed by atoms with Crippen molar-refractivity contribution >= 4 is 5.91 Å². The van der Waals surface area contributed by atoms with Crippen LogP contribution in [-0.2, 0) is 13.0 Å². The van der Waals surface area contributed by atoms with Crippen molar-refractivity contribution in [2.75, 3.05) is 19.6 Å². The van der Waals surface area contributed by atoms with Crippen LogP contribution in [0.4, 0.5) is 0 Å². The van der Waals surface area contributed by atoms with Crippen LogP contribution in [0.2, 0.25) is 0 Å². The molecular weight excluding hydrogens is 286 g/mol. The number of aromatic amines is 1. The lowest BCUT2D eigenvalue weighted by Crippen LogP contribution is -2.48. The summed E-state index contributed by atoms with van der Waals surface area (Å²) >= 11 is 0. The van der Waals surface area contributed by atoms with Crippen LogP contribution in [-0.4, -0.2) is 46.4 Å². The highest BCUT2D eigenvalue weighted by atomic mass is 16.2. The quantitative estimate of drug-likeness (QED) is 0.926. The Morgan fingerprint density at radius 2 is 1.78 bits per heavy atom. The molecule has 120 valence electrons. The molecule has 3 heterocycles. The maximum absolute atomic E-state index is 12.4. The number of hydrogen-bond acceptors (Lipinski definition) is 2. The van der Waals surface area contributed by atoms with Gasteiger partial charge in [0.2, 0.25) is 0 Å². The SMILES string of the molecule is O=C(c1ccc[nH]1)N1CCC(N2CCc3ccccc3C2)CC1. The van der Waals surface area contributed by atoms with Crippen molar-refractivity contribution in [2.45, 2.75) is 31.8 Å². The van der Waals surface area contributed by atoms with Crippen LogP contribution in [0.25, 0.3) is 0 Å². The molecule has 4 heteroatoms. The van der Waals surface area contributed by atoms with Crippen LogP contribution in [0.3, 0.4) is 0 Å². The lowest BCUT2D eigenvalue weighted by atomic mass is 9.95. The predicted molar refractivity (Wildman–Crippen MR) is 90.3 cm³/mol. The lowest BCUT2D eigenvalue weighted by molar-refractivity contribution is 0.0595. The molecule has 1 N–H and O–H groups in total. The van der Waals surface area contributed by atoms with Gasteiger partial charge in [-0.1, -0.05) is 24.3 Å². The Bertz CT molecular complexity index is 672. The number of likely N-dealkylation sites (tertiary alicyclic amines) is 1. The molecule has 1 aromatic carbocycles. The van der Waals surface area contributed by atoms with Crippen LogP contribution in [0.5, 0.6) is 0 Å². The van der Waals surface area contributed by atoms with Gasteiger partial charge < -0.3 is 9.88 Å². The number of carbonyl (C=O) groups is 1. The Morgan fingerprint density at radius 3 is 2.52 bits per heavy atom. The first-order valence-corrected chi connectivity index (χ1v) is 8.55. The minimum Gasteiger partial charge on any atom is -0.357 e. The van der Waals surface area contributed by atoms with E-state index in [2.05, 4.69) is 34.1 Å². The zero-order valence-electron chi connectivity index (χ0n) is 13.4. The number of carbonyl (C=O) groups excluding carboxylic acids is 1. The van der Waals surface area contributed by atoms with E-state index in [0.29, 0.717) is 11.7 Å². The number of aromatic nitrogens is 1. The van der Waals surface area contributed by atoms with Crippen molar-refractivity contribution in [1.29, 1.82) is 0 Å². The molecule has 1 amide bonds. The van der Waals surface area contributed by atoms with E-state index in [-0.39, 0.29) is 5.91 Å². The number of rotatable bonds is 2. The van der Waals surface area contributed by atoms with Gasteiger partial charge in [-0.25, -0.2) is 0 Å². The fourth-order valence-corrected chi connectivity index (χ4v) is 3.90. The normalized spacial score (nSPS) is 19.6. The smallest absolute Gasteiger partial charge is 0.270 e. The van der Waals surface area contributed by atoms with Gasteiger partial charge in [-0.15, -0.1) is 0 Å². The maximum atomic E-state index is 12.4. The Balaban J connectivity index is 1.36. The minimum atomic E-state index is 0.137. The summed E-state index contributed by atoms with van der Waals surface area (Å²) in [7, 11) is 0.